The van der Waals surface area contributed by atoms with Gasteiger partial charge in [-0.25, -0.2) is 0 Å². The fraction of sp³-hybridized carbons (Fsp3) is 0.0476. The van der Waals surface area contributed by atoms with E-state index in [1.165, 1.54) is 13.1 Å². The third-order valence-corrected chi connectivity index (χ3v) is 12.7. The van der Waals surface area contributed by atoms with Gasteiger partial charge in [-0.05, 0) is 0 Å². The molecule has 0 N–H and O–H groups in total. The van der Waals surface area contributed by atoms with Gasteiger partial charge in [0.05, 0.1) is 0 Å². The fourth-order valence-electron chi connectivity index (χ4n) is 2.91. The SMILES string of the molecule is C#CC[As+](c1ccccc1)(c1ccccc1)c1ccccc1. The minimum atomic E-state index is -2.60. The molecule has 0 aliphatic carbocycles. The van der Waals surface area contributed by atoms with Gasteiger partial charge in [0, 0.05) is 0 Å². The summed E-state index contributed by atoms with van der Waals surface area (Å²) in [4.78, 5) is 0. The van der Waals surface area contributed by atoms with Crippen LogP contribution in [0.3, 0.4) is 0 Å². The Hall–Kier alpha value is -2.22. The summed E-state index contributed by atoms with van der Waals surface area (Å²) in [5.41, 5.74) is 0. The summed E-state index contributed by atoms with van der Waals surface area (Å²) < 4.78 is 4.20. The van der Waals surface area contributed by atoms with Gasteiger partial charge in [0.15, 0.2) is 0 Å². The third kappa shape index (κ3) is 2.61. The van der Waals surface area contributed by atoms with Crippen LogP contribution >= 0.6 is 0 Å². The molecule has 0 heterocycles. The van der Waals surface area contributed by atoms with Crippen LogP contribution in [0.25, 0.3) is 0 Å². The van der Waals surface area contributed by atoms with Crippen LogP contribution in [0.15, 0.2) is 91.0 Å². The number of rotatable bonds is 4. The average molecular weight is 345 g/mol. The van der Waals surface area contributed by atoms with Crippen molar-refractivity contribution in [1.82, 2.24) is 0 Å². The minimum absolute atomic E-state index is 0.802. The van der Waals surface area contributed by atoms with Crippen molar-refractivity contribution in [3.63, 3.8) is 0 Å². The Morgan fingerprint density at radius 2 is 0.909 bits per heavy atom. The molecule has 0 bridgehead atoms. The van der Waals surface area contributed by atoms with Crippen molar-refractivity contribution in [2.45, 2.75) is 5.21 Å². The molecule has 3 aromatic rings. The monoisotopic (exact) mass is 345 g/mol. The summed E-state index contributed by atoms with van der Waals surface area (Å²) >= 11 is -2.60. The second-order valence-corrected chi connectivity index (χ2v) is 12.5. The second kappa shape index (κ2) is 6.69. The first kappa shape index (κ1) is 14.7. The summed E-state index contributed by atoms with van der Waals surface area (Å²) in [6.07, 6.45) is 5.82. The summed E-state index contributed by atoms with van der Waals surface area (Å²) in [5.74, 6) is 2.98. The quantitative estimate of drug-likeness (QED) is 0.504. The molecule has 0 spiro atoms. The van der Waals surface area contributed by atoms with E-state index in [9.17, 15) is 0 Å². The molecule has 0 saturated heterocycles. The molecular formula is C21H18As+. The van der Waals surface area contributed by atoms with E-state index in [-0.39, 0.29) is 0 Å². The number of hydrogen-bond donors (Lipinski definition) is 0. The molecule has 0 aliphatic rings. The van der Waals surface area contributed by atoms with Gasteiger partial charge in [0.2, 0.25) is 0 Å². The maximum absolute atomic E-state index is 5.82. The molecule has 0 amide bonds. The zero-order valence-corrected chi connectivity index (χ0v) is 14.3. The van der Waals surface area contributed by atoms with Gasteiger partial charge in [-0.1, -0.05) is 0 Å². The molecule has 106 valence electrons. The Kier molecular flexibility index (Phi) is 4.47. The zero-order valence-electron chi connectivity index (χ0n) is 12.4. The molecule has 1 heteroatoms. The first-order chi connectivity index (χ1) is 10.9. The van der Waals surface area contributed by atoms with Gasteiger partial charge in [-0.3, -0.25) is 0 Å². The Balaban J connectivity index is 2.32. The predicted molar refractivity (Wildman–Crippen MR) is 97.6 cm³/mol. The number of terminal acetylenes is 1. The molecule has 3 aromatic carbocycles. The van der Waals surface area contributed by atoms with Crippen molar-refractivity contribution < 1.29 is 0 Å². The van der Waals surface area contributed by atoms with Crippen LogP contribution in [0, 0.1) is 12.3 Å². The standard InChI is InChI=1S/C21H18As/c1-2-18-22(19-12-6-3-7-13-19,20-14-8-4-9-15-20)21-16-10-5-11-17-21/h1,3-17H,18H2/q+1. The second-order valence-electron chi connectivity index (χ2n) is 5.18. The summed E-state index contributed by atoms with van der Waals surface area (Å²) in [6, 6.07) is 32.4. The number of benzene rings is 3. The van der Waals surface area contributed by atoms with E-state index < -0.39 is 13.6 Å². The van der Waals surface area contributed by atoms with E-state index >= 15 is 0 Å². The Bertz CT molecular complexity index is 659. The molecule has 3 rings (SSSR count). The van der Waals surface area contributed by atoms with E-state index in [4.69, 9.17) is 6.42 Å². The normalized spacial score (nSPS) is 10.9. The predicted octanol–water partition coefficient (Wildman–Crippen LogP) is 2.79. The van der Waals surface area contributed by atoms with Gasteiger partial charge >= 0.3 is 135 Å². The summed E-state index contributed by atoms with van der Waals surface area (Å²) in [7, 11) is 0. The number of hydrogen-bond acceptors (Lipinski definition) is 0. The Morgan fingerprint density at radius 3 is 1.18 bits per heavy atom. The van der Waals surface area contributed by atoms with Gasteiger partial charge in [-0.2, -0.15) is 0 Å². The summed E-state index contributed by atoms with van der Waals surface area (Å²) in [6.45, 7) is 0. The van der Waals surface area contributed by atoms with Gasteiger partial charge < -0.3 is 0 Å². The first-order valence-electron chi connectivity index (χ1n) is 7.36. The van der Waals surface area contributed by atoms with E-state index in [1.807, 2.05) is 0 Å². The van der Waals surface area contributed by atoms with Crippen LogP contribution in [0.1, 0.15) is 0 Å². The van der Waals surface area contributed by atoms with E-state index in [1.54, 1.807) is 0 Å². The van der Waals surface area contributed by atoms with Crippen molar-refractivity contribution in [3.8, 4) is 12.3 Å². The molecule has 22 heavy (non-hydrogen) atoms. The zero-order chi connectivity index (χ0) is 15.3. The molecule has 0 unspecified atom stereocenters. The molecule has 0 aromatic heterocycles. The van der Waals surface area contributed by atoms with Gasteiger partial charge in [0.1, 0.15) is 0 Å². The molecule has 0 radical (unpaired) electrons. The van der Waals surface area contributed by atoms with E-state index in [0.717, 1.165) is 5.21 Å². The molecule has 0 fully saturated rings. The van der Waals surface area contributed by atoms with Gasteiger partial charge in [-0.15, -0.1) is 0 Å². The van der Waals surface area contributed by atoms with E-state index in [0.29, 0.717) is 0 Å². The van der Waals surface area contributed by atoms with Crippen molar-refractivity contribution in [1.29, 1.82) is 0 Å². The summed E-state index contributed by atoms with van der Waals surface area (Å²) in [5, 5.41) is 0.802. The molecule has 0 nitrogen and oxygen atoms in total. The maximum atomic E-state index is 5.82. The first-order valence-corrected chi connectivity index (χ1v) is 11.5. The van der Waals surface area contributed by atoms with Crippen LogP contribution in [-0.2, 0) is 0 Å². The molecule has 0 atom stereocenters. The van der Waals surface area contributed by atoms with Crippen molar-refractivity contribution >= 4 is 26.6 Å². The van der Waals surface area contributed by atoms with Crippen LogP contribution in [0.2, 0.25) is 5.21 Å². The van der Waals surface area contributed by atoms with Crippen molar-refractivity contribution in [2.75, 3.05) is 0 Å². The Labute approximate surface area is 135 Å². The van der Waals surface area contributed by atoms with Crippen LogP contribution in [0.4, 0.5) is 0 Å². The van der Waals surface area contributed by atoms with Crippen LogP contribution < -0.4 is 13.1 Å². The van der Waals surface area contributed by atoms with Crippen molar-refractivity contribution in [2.24, 2.45) is 0 Å². The van der Waals surface area contributed by atoms with Crippen LogP contribution in [-0.4, -0.2) is 13.6 Å². The average Bonchev–Trinajstić information content (AvgIpc) is 2.62. The topological polar surface area (TPSA) is 0 Å². The Morgan fingerprint density at radius 1 is 0.591 bits per heavy atom. The molecule has 0 aliphatic heterocycles. The van der Waals surface area contributed by atoms with Crippen LogP contribution in [0.5, 0.6) is 0 Å². The third-order valence-electron chi connectivity index (χ3n) is 3.92. The van der Waals surface area contributed by atoms with Gasteiger partial charge in [0.25, 0.3) is 0 Å². The fourth-order valence-corrected chi connectivity index (χ4v) is 10.8. The molecular weight excluding hydrogens is 327 g/mol. The van der Waals surface area contributed by atoms with E-state index in [2.05, 4.69) is 96.9 Å². The molecule has 0 saturated carbocycles. The van der Waals surface area contributed by atoms with Crippen molar-refractivity contribution in [3.05, 3.63) is 91.0 Å².